The van der Waals surface area contributed by atoms with Crippen LogP contribution < -0.4 is 10.5 Å². The predicted molar refractivity (Wildman–Crippen MR) is 73.5 cm³/mol. The van der Waals surface area contributed by atoms with Gasteiger partial charge in [-0.25, -0.2) is 0 Å². The summed E-state index contributed by atoms with van der Waals surface area (Å²) >= 11 is 5.75. The maximum absolute atomic E-state index is 13.0. The van der Waals surface area contributed by atoms with E-state index in [0.717, 1.165) is 6.07 Å². The van der Waals surface area contributed by atoms with Crippen molar-refractivity contribution >= 4 is 11.6 Å². The first-order valence-electron chi connectivity index (χ1n) is 6.09. The fraction of sp³-hybridized carbons (Fsp3) is 0.214. The molecule has 0 aliphatic rings. The van der Waals surface area contributed by atoms with Crippen molar-refractivity contribution in [1.82, 2.24) is 4.98 Å². The molecule has 0 spiro atoms. The van der Waals surface area contributed by atoms with Gasteiger partial charge in [-0.1, -0.05) is 17.7 Å². The van der Waals surface area contributed by atoms with Crippen LogP contribution in [0.25, 0.3) is 0 Å². The Morgan fingerprint density at radius 3 is 2.52 bits per heavy atom. The minimum Gasteiger partial charge on any atom is -0.456 e. The maximum Gasteiger partial charge on any atom is 0.416 e. The predicted octanol–water partition coefficient (Wildman–Crippen LogP) is 4.05. The molecule has 7 heteroatoms. The van der Waals surface area contributed by atoms with E-state index >= 15 is 0 Å². The van der Waals surface area contributed by atoms with Gasteiger partial charge < -0.3 is 10.5 Å². The summed E-state index contributed by atoms with van der Waals surface area (Å²) in [5.74, 6) is 0.328. The van der Waals surface area contributed by atoms with Crippen molar-refractivity contribution in [1.29, 1.82) is 0 Å². The van der Waals surface area contributed by atoms with Crippen LogP contribution in [0.4, 0.5) is 13.2 Å². The molecular formula is C14H12ClF3N2O. The van der Waals surface area contributed by atoms with Crippen molar-refractivity contribution in [2.24, 2.45) is 5.73 Å². The van der Waals surface area contributed by atoms with Crippen LogP contribution in [0.2, 0.25) is 5.02 Å². The summed E-state index contributed by atoms with van der Waals surface area (Å²) < 4.78 is 44.4. The number of rotatable bonds is 4. The zero-order valence-corrected chi connectivity index (χ0v) is 11.6. The summed E-state index contributed by atoms with van der Waals surface area (Å²) in [5, 5.41) is 0.336. The number of alkyl halides is 3. The van der Waals surface area contributed by atoms with E-state index in [0.29, 0.717) is 5.02 Å². The van der Waals surface area contributed by atoms with Crippen LogP contribution in [0.5, 0.6) is 11.5 Å². The van der Waals surface area contributed by atoms with Gasteiger partial charge in [-0.05, 0) is 30.7 Å². The fourth-order valence-corrected chi connectivity index (χ4v) is 2.00. The summed E-state index contributed by atoms with van der Waals surface area (Å²) in [4.78, 5) is 3.80. The Morgan fingerprint density at radius 1 is 1.14 bits per heavy atom. The summed E-state index contributed by atoms with van der Waals surface area (Å²) in [6.45, 7) is 0.140. The first kappa shape index (κ1) is 15.6. The van der Waals surface area contributed by atoms with E-state index in [1.54, 1.807) is 0 Å². The highest BCUT2D eigenvalue weighted by Crippen LogP contribution is 2.35. The average molecular weight is 317 g/mol. The largest absolute Gasteiger partial charge is 0.456 e. The lowest BCUT2D eigenvalue weighted by molar-refractivity contribution is -0.138. The van der Waals surface area contributed by atoms with E-state index in [1.807, 2.05) is 0 Å². The zero-order chi connectivity index (χ0) is 15.5. The monoisotopic (exact) mass is 316 g/mol. The molecule has 0 amide bonds. The normalized spacial score (nSPS) is 11.5. The molecule has 112 valence electrons. The molecule has 3 nitrogen and oxygen atoms in total. The molecule has 0 unspecified atom stereocenters. The van der Waals surface area contributed by atoms with Crippen LogP contribution >= 0.6 is 11.6 Å². The van der Waals surface area contributed by atoms with E-state index < -0.39 is 11.7 Å². The second-order valence-corrected chi connectivity index (χ2v) is 4.73. The molecule has 2 N–H and O–H groups in total. The highest BCUT2D eigenvalue weighted by molar-refractivity contribution is 6.30. The minimum absolute atomic E-state index is 0.0622. The van der Waals surface area contributed by atoms with Crippen molar-refractivity contribution in [2.45, 2.75) is 12.6 Å². The number of nitrogens with two attached hydrogens (primary N) is 1. The Hall–Kier alpha value is -1.79. The maximum atomic E-state index is 13.0. The number of nitrogens with zero attached hydrogens (tertiary/aromatic N) is 1. The Bertz CT molecular complexity index is 632. The molecular weight excluding hydrogens is 305 g/mol. The number of halogens is 4. The molecule has 1 aromatic heterocycles. The standard InChI is InChI=1S/C14H12ClF3N2O/c15-10-5-12(8-20-7-10)21-11-2-1-9(3-4-19)13(6-11)14(16,17)18/h1-2,5-8H,3-4,19H2. The minimum atomic E-state index is -4.46. The van der Waals surface area contributed by atoms with Gasteiger partial charge in [0.05, 0.1) is 16.8 Å². The van der Waals surface area contributed by atoms with Crippen LogP contribution in [-0.2, 0) is 12.6 Å². The SMILES string of the molecule is NCCc1ccc(Oc2cncc(Cl)c2)cc1C(F)(F)F. The Morgan fingerprint density at radius 2 is 1.90 bits per heavy atom. The topological polar surface area (TPSA) is 48.1 Å². The fourth-order valence-electron chi connectivity index (χ4n) is 1.84. The van der Waals surface area contributed by atoms with Gasteiger partial charge in [0.2, 0.25) is 0 Å². The summed E-state index contributed by atoms with van der Waals surface area (Å²) in [6.07, 6.45) is -1.54. The molecule has 2 aromatic rings. The summed E-state index contributed by atoms with van der Waals surface area (Å²) in [5.41, 5.74) is 4.72. The molecule has 0 saturated carbocycles. The highest BCUT2D eigenvalue weighted by atomic mass is 35.5. The third-order valence-corrected chi connectivity index (χ3v) is 2.92. The third-order valence-electron chi connectivity index (χ3n) is 2.72. The molecule has 0 atom stereocenters. The van der Waals surface area contributed by atoms with Gasteiger partial charge in [-0.3, -0.25) is 4.98 Å². The van der Waals surface area contributed by atoms with Gasteiger partial charge in [-0.15, -0.1) is 0 Å². The zero-order valence-electron chi connectivity index (χ0n) is 10.8. The molecule has 0 aliphatic carbocycles. The average Bonchev–Trinajstić information content (AvgIpc) is 2.39. The number of hydrogen-bond donors (Lipinski definition) is 1. The van der Waals surface area contributed by atoms with Gasteiger partial charge in [-0.2, -0.15) is 13.2 Å². The Kier molecular flexibility index (Phi) is 4.69. The second-order valence-electron chi connectivity index (χ2n) is 4.30. The first-order valence-corrected chi connectivity index (χ1v) is 6.46. The van der Waals surface area contributed by atoms with Crippen LogP contribution in [0.3, 0.4) is 0 Å². The van der Waals surface area contributed by atoms with Gasteiger partial charge in [0.25, 0.3) is 0 Å². The van der Waals surface area contributed by atoms with Crippen molar-refractivity contribution in [3.05, 3.63) is 52.8 Å². The molecule has 2 rings (SSSR count). The lowest BCUT2D eigenvalue weighted by atomic mass is 10.0. The molecule has 0 bridgehead atoms. The van der Waals surface area contributed by atoms with E-state index in [9.17, 15) is 13.2 Å². The lowest BCUT2D eigenvalue weighted by Crippen LogP contribution is -2.12. The lowest BCUT2D eigenvalue weighted by Gasteiger charge is -2.14. The number of aromatic nitrogens is 1. The molecule has 0 aliphatic heterocycles. The van der Waals surface area contributed by atoms with Gasteiger partial charge in [0.15, 0.2) is 0 Å². The first-order chi connectivity index (χ1) is 9.90. The quantitative estimate of drug-likeness (QED) is 0.925. The van der Waals surface area contributed by atoms with Gasteiger partial charge in [0, 0.05) is 12.3 Å². The molecule has 0 saturated heterocycles. The van der Waals surface area contributed by atoms with Gasteiger partial charge >= 0.3 is 6.18 Å². The van der Waals surface area contributed by atoms with E-state index in [2.05, 4.69) is 4.98 Å². The Labute approximate surface area is 124 Å². The Balaban J connectivity index is 2.33. The van der Waals surface area contributed by atoms with Crippen LogP contribution in [-0.4, -0.2) is 11.5 Å². The molecule has 0 fully saturated rings. The van der Waals surface area contributed by atoms with Gasteiger partial charge in [0.1, 0.15) is 11.5 Å². The smallest absolute Gasteiger partial charge is 0.416 e. The van der Waals surface area contributed by atoms with E-state index in [1.165, 1.54) is 30.6 Å². The second kappa shape index (κ2) is 6.32. The molecule has 1 aromatic carbocycles. The van der Waals surface area contributed by atoms with Crippen LogP contribution in [0.1, 0.15) is 11.1 Å². The number of ether oxygens (including phenoxy) is 1. The number of hydrogen-bond acceptors (Lipinski definition) is 3. The van der Waals surface area contributed by atoms with Crippen LogP contribution in [0, 0.1) is 0 Å². The molecule has 21 heavy (non-hydrogen) atoms. The van der Waals surface area contributed by atoms with Crippen LogP contribution in [0.15, 0.2) is 36.7 Å². The number of pyridine rings is 1. The molecule has 1 heterocycles. The third kappa shape index (κ3) is 4.09. The van der Waals surface area contributed by atoms with E-state index in [4.69, 9.17) is 22.1 Å². The van der Waals surface area contributed by atoms with Crippen molar-refractivity contribution in [2.75, 3.05) is 6.54 Å². The van der Waals surface area contributed by atoms with E-state index in [-0.39, 0.29) is 30.0 Å². The highest BCUT2D eigenvalue weighted by Gasteiger charge is 2.33. The number of benzene rings is 1. The molecule has 0 radical (unpaired) electrons. The van der Waals surface area contributed by atoms with Crippen molar-refractivity contribution < 1.29 is 17.9 Å². The van der Waals surface area contributed by atoms with Crippen molar-refractivity contribution in [3.8, 4) is 11.5 Å². The summed E-state index contributed by atoms with van der Waals surface area (Å²) in [7, 11) is 0. The van der Waals surface area contributed by atoms with Crippen molar-refractivity contribution in [3.63, 3.8) is 0 Å². The summed E-state index contributed by atoms with van der Waals surface area (Å²) in [6, 6.07) is 5.24.